The number of thioether (sulfide) groups is 1. The molecule has 2 heterocycles. The van der Waals surface area contributed by atoms with Crippen molar-refractivity contribution in [2.75, 3.05) is 30.9 Å². The molecule has 0 aliphatic carbocycles. The van der Waals surface area contributed by atoms with Crippen molar-refractivity contribution in [1.29, 1.82) is 0 Å². The second-order valence-corrected chi connectivity index (χ2v) is 8.62. The van der Waals surface area contributed by atoms with Crippen molar-refractivity contribution in [2.45, 2.75) is 11.8 Å². The molecule has 10 heteroatoms. The number of hydrogen-bond acceptors (Lipinski definition) is 7. The summed E-state index contributed by atoms with van der Waals surface area (Å²) in [7, 11) is 3.34. The van der Waals surface area contributed by atoms with Crippen LogP contribution in [0.5, 0.6) is 0 Å². The number of halogens is 1. The normalized spacial score (nSPS) is 10.7. The van der Waals surface area contributed by atoms with E-state index in [0.29, 0.717) is 15.5 Å². The molecule has 7 nitrogen and oxygen atoms in total. The van der Waals surface area contributed by atoms with Crippen LogP contribution in [0.3, 0.4) is 0 Å². The van der Waals surface area contributed by atoms with E-state index in [1.54, 1.807) is 39.5 Å². The summed E-state index contributed by atoms with van der Waals surface area (Å²) in [5, 5.41) is 3.11. The average molecular weight is 446 g/mol. The number of rotatable bonds is 6. The molecule has 0 atom stereocenters. The molecule has 2 aromatic heterocycles. The first-order chi connectivity index (χ1) is 14.3. The Morgan fingerprint density at radius 2 is 2.10 bits per heavy atom. The van der Waals surface area contributed by atoms with E-state index in [2.05, 4.69) is 15.3 Å². The van der Waals surface area contributed by atoms with Gasteiger partial charge in [0, 0.05) is 36.9 Å². The van der Waals surface area contributed by atoms with Gasteiger partial charge in [-0.15, -0.1) is 23.1 Å². The van der Waals surface area contributed by atoms with E-state index in [4.69, 9.17) is 5.73 Å². The zero-order valence-corrected chi connectivity index (χ0v) is 18.2. The van der Waals surface area contributed by atoms with E-state index >= 15 is 0 Å². The number of pyridine rings is 1. The molecule has 0 unspecified atom stereocenters. The number of anilines is 2. The van der Waals surface area contributed by atoms with Crippen LogP contribution in [0.4, 0.5) is 15.9 Å². The molecule has 0 radical (unpaired) electrons. The Bertz CT molecular complexity index is 1090. The maximum Gasteiger partial charge on any atom is 0.269 e. The summed E-state index contributed by atoms with van der Waals surface area (Å²) in [6.07, 6.45) is 3.26. The number of nitrogens with zero attached hydrogens (tertiary/aromatic N) is 3. The number of aryl methyl sites for hydroxylation is 1. The number of hydrogen-bond donors (Lipinski definition) is 2. The second kappa shape index (κ2) is 9.23. The van der Waals surface area contributed by atoms with Gasteiger partial charge in [0.25, 0.3) is 5.91 Å². The van der Waals surface area contributed by atoms with Crippen LogP contribution >= 0.6 is 23.1 Å². The lowest BCUT2D eigenvalue weighted by Gasteiger charge is -2.13. The van der Waals surface area contributed by atoms with E-state index in [0.717, 1.165) is 16.9 Å². The number of aromatic nitrogens is 2. The summed E-state index contributed by atoms with van der Waals surface area (Å²) in [6.45, 7) is 1.75. The molecule has 3 N–H and O–H groups in total. The van der Waals surface area contributed by atoms with Crippen molar-refractivity contribution in [1.82, 2.24) is 14.9 Å². The maximum absolute atomic E-state index is 14.5. The fraction of sp³-hybridized carbons (Fsp3) is 0.200. The van der Waals surface area contributed by atoms with Crippen LogP contribution in [-0.2, 0) is 4.79 Å². The predicted molar refractivity (Wildman–Crippen MR) is 118 cm³/mol. The van der Waals surface area contributed by atoms with Crippen LogP contribution in [0.1, 0.15) is 15.2 Å². The van der Waals surface area contributed by atoms with Gasteiger partial charge in [-0.3, -0.25) is 14.6 Å². The first-order valence-corrected chi connectivity index (χ1v) is 10.7. The summed E-state index contributed by atoms with van der Waals surface area (Å²) in [4.78, 5) is 35.2. The third-order valence-corrected chi connectivity index (χ3v) is 6.39. The predicted octanol–water partition coefficient (Wildman–Crippen LogP) is 3.67. The number of carbonyl (C=O) groups excluding carboxylic acids is 2. The van der Waals surface area contributed by atoms with Crippen molar-refractivity contribution < 1.29 is 14.0 Å². The standard InChI is InChI=1S/C20H20FN5O2S2/c1-11-7-13(21)14(8-15(11)29-10-16(27)26(2)3)24-19(28)17-18(22)25-20(30-17)12-5-4-6-23-9-12/h4-9H,10,22H2,1-3H3,(H,24,28). The van der Waals surface area contributed by atoms with E-state index in [9.17, 15) is 14.0 Å². The van der Waals surface area contributed by atoms with E-state index in [-0.39, 0.29) is 28.0 Å². The Morgan fingerprint density at radius 1 is 1.33 bits per heavy atom. The smallest absolute Gasteiger partial charge is 0.269 e. The van der Waals surface area contributed by atoms with Gasteiger partial charge < -0.3 is 16.0 Å². The van der Waals surface area contributed by atoms with Gasteiger partial charge in [-0.1, -0.05) is 0 Å². The quantitative estimate of drug-likeness (QED) is 0.562. The molecular weight excluding hydrogens is 425 g/mol. The topological polar surface area (TPSA) is 101 Å². The highest BCUT2D eigenvalue weighted by Gasteiger charge is 2.19. The highest BCUT2D eigenvalue weighted by molar-refractivity contribution is 8.00. The van der Waals surface area contributed by atoms with Gasteiger partial charge in [0.2, 0.25) is 5.91 Å². The van der Waals surface area contributed by atoms with Crippen LogP contribution in [0.15, 0.2) is 41.6 Å². The van der Waals surface area contributed by atoms with Crippen molar-refractivity contribution in [3.63, 3.8) is 0 Å². The van der Waals surface area contributed by atoms with E-state index in [1.165, 1.54) is 28.8 Å². The number of nitrogens with one attached hydrogen (secondary N) is 1. The second-order valence-electron chi connectivity index (χ2n) is 6.60. The summed E-state index contributed by atoms with van der Waals surface area (Å²) >= 11 is 2.39. The van der Waals surface area contributed by atoms with Crippen LogP contribution in [0.25, 0.3) is 10.6 Å². The van der Waals surface area contributed by atoms with Gasteiger partial charge in [0.05, 0.1) is 11.4 Å². The lowest BCUT2D eigenvalue weighted by molar-refractivity contribution is -0.125. The van der Waals surface area contributed by atoms with Crippen LogP contribution in [0.2, 0.25) is 0 Å². The van der Waals surface area contributed by atoms with Crippen molar-refractivity contribution in [3.8, 4) is 10.6 Å². The minimum Gasteiger partial charge on any atom is -0.382 e. The first-order valence-electron chi connectivity index (χ1n) is 8.87. The lowest BCUT2D eigenvalue weighted by Crippen LogP contribution is -2.23. The van der Waals surface area contributed by atoms with Gasteiger partial charge in [0.15, 0.2) is 0 Å². The van der Waals surface area contributed by atoms with Crippen LogP contribution in [0, 0.1) is 12.7 Å². The summed E-state index contributed by atoms with van der Waals surface area (Å²) in [5.41, 5.74) is 7.34. The summed E-state index contributed by atoms with van der Waals surface area (Å²) in [5.74, 6) is -0.906. The maximum atomic E-state index is 14.5. The molecule has 3 aromatic rings. The third-order valence-electron chi connectivity index (χ3n) is 4.13. The van der Waals surface area contributed by atoms with E-state index < -0.39 is 11.7 Å². The summed E-state index contributed by atoms with van der Waals surface area (Å²) < 4.78 is 14.5. The molecular formula is C20H20FN5O2S2. The molecule has 0 fully saturated rings. The lowest BCUT2D eigenvalue weighted by atomic mass is 10.2. The van der Waals surface area contributed by atoms with Crippen LogP contribution in [-0.4, -0.2) is 46.5 Å². The Kier molecular flexibility index (Phi) is 6.68. The van der Waals surface area contributed by atoms with E-state index in [1.807, 2.05) is 6.07 Å². The number of amides is 2. The molecule has 3 rings (SSSR count). The highest BCUT2D eigenvalue weighted by Crippen LogP contribution is 2.32. The molecule has 1 aromatic carbocycles. The molecule has 0 bridgehead atoms. The van der Waals surface area contributed by atoms with Gasteiger partial charge in [-0.25, -0.2) is 9.37 Å². The Labute approximate surface area is 181 Å². The molecule has 0 saturated carbocycles. The molecule has 0 aliphatic rings. The molecule has 0 spiro atoms. The monoisotopic (exact) mass is 445 g/mol. The van der Waals surface area contributed by atoms with Gasteiger partial charge >= 0.3 is 0 Å². The first kappa shape index (κ1) is 21.7. The SMILES string of the molecule is Cc1cc(F)c(NC(=O)c2sc(-c3cccnc3)nc2N)cc1SCC(=O)N(C)C. The van der Waals surface area contributed by atoms with Gasteiger partial charge in [-0.2, -0.15) is 0 Å². The molecule has 30 heavy (non-hydrogen) atoms. The largest absolute Gasteiger partial charge is 0.382 e. The van der Waals surface area contributed by atoms with Crippen molar-refractivity contribution in [3.05, 3.63) is 52.9 Å². The van der Waals surface area contributed by atoms with Crippen molar-refractivity contribution >= 4 is 46.4 Å². The fourth-order valence-electron chi connectivity index (χ4n) is 2.46. The minimum absolute atomic E-state index is 0.0149. The van der Waals surface area contributed by atoms with Gasteiger partial charge in [-0.05, 0) is 36.8 Å². The molecule has 0 saturated heterocycles. The van der Waals surface area contributed by atoms with Crippen LogP contribution < -0.4 is 11.1 Å². The Balaban J connectivity index is 1.80. The fourth-order valence-corrected chi connectivity index (χ4v) is 4.35. The number of nitrogen functional groups attached to an aromatic ring is 1. The summed E-state index contributed by atoms with van der Waals surface area (Å²) in [6, 6.07) is 6.42. The van der Waals surface area contributed by atoms with Gasteiger partial charge in [0.1, 0.15) is 21.5 Å². The van der Waals surface area contributed by atoms with Crippen molar-refractivity contribution in [2.24, 2.45) is 0 Å². The third kappa shape index (κ3) is 4.95. The molecule has 0 aliphatic heterocycles. The number of nitrogens with two attached hydrogens (primary N) is 1. The number of carbonyl (C=O) groups is 2. The Morgan fingerprint density at radius 3 is 2.77 bits per heavy atom. The molecule has 156 valence electrons. The highest BCUT2D eigenvalue weighted by atomic mass is 32.2. The average Bonchev–Trinajstić information content (AvgIpc) is 3.11. The minimum atomic E-state index is -0.570. The number of benzene rings is 1. The zero-order chi connectivity index (χ0) is 21.8. The number of thiazole rings is 1. The Hall–Kier alpha value is -2.98. The zero-order valence-electron chi connectivity index (χ0n) is 16.6. The molecule has 2 amide bonds.